The highest BCUT2D eigenvalue weighted by molar-refractivity contribution is 7.89. The van der Waals surface area contributed by atoms with Crippen molar-refractivity contribution in [3.63, 3.8) is 0 Å². The van der Waals surface area contributed by atoms with Crippen LogP contribution in [0.2, 0.25) is 0 Å². The topological polar surface area (TPSA) is 57.7 Å². The number of hydrogen-bond donors (Lipinski definition) is 0. The number of nitrogens with zero attached hydrogens (tertiary/aromatic N) is 2. The number of hydrogen-bond acceptors (Lipinski definition) is 3. The van der Waals surface area contributed by atoms with Gasteiger partial charge in [-0.3, -0.25) is 4.79 Å². The van der Waals surface area contributed by atoms with Crippen LogP contribution in [-0.2, 0) is 10.0 Å². The van der Waals surface area contributed by atoms with Gasteiger partial charge in [0.2, 0.25) is 10.0 Å². The van der Waals surface area contributed by atoms with Crippen LogP contribution >= 0.6 is 0 Å². The normalized spacial score (nSPS) is 18.7. The van der Waals surface area contributed by atoms with Gasteiger partial charge in [-0.05, 0) is 57.2 Å². The van der Waals surface area contributed by atoms with Crippen molar-refractivity contribution >= 4 is 15.9 Å². The Labute approximate surface area is 158 Å². The third-order valence-corrected chi connectivity index (χ3v) is 7.07. The van der Waals surface area contributed by atoms with Crippen LogP contribution < -0.4 is 0 Å². The fraction of sp³-hybridized carbons (Fsp3) is 0.650. The summed E-state index contributed by atoms with van der Waals surface area (Å²) in [5.41, 5.74) is 1.32. The first-order chi connectivity index (χ1) is 12.3. The fourth-order valence-electron chi connectivity index (χ4n) is 3.58. The molecule has 146 valence electrons. The van der Waals surface area contributed by atoms with Crippen molar-refractivity contribution in [1.82, 2.24) is 9.21 Å². The molecule has 26 heavy (non-hydrogen) atoms. The number of benzene rings is 1. The summed E-state index contributed by atoms with van der Waals surface area (Å²) in [6.07, 6.45) is 4.61. The van der Waals surface area contributed by atoms with E-state index in [1.165, 1.54) is 0 Å². The standard InChI is InChI=1S/C20H32N2O3S/c1-5-12-21(13-6-2)20(23)19-15-18(11-10-16(19)3)26(24,25)22-14-8-7-9-17(22)4/h10-11,15,17H,5-9,12-14H2,1-4H3. The Morgan fingerprint density at radius 2 is 1.85 bits per heavy atom. The summed E-state index contributed by atoms with van der Waals surface area (Å²) in [5, 5.41) is 0. The Balaban J connectivity index is 2.38. The van der Waals surface area contributed by atoms with Gasteiger partial charge in [-0.2, -0.15) is 4.31 Å². The van der Waals surface area contributed by atoms with E-state index in [1.807, 2.05) is 32.6 Å². The molecule has 0 saturated carbocycles. The number of carbonyl (C=O) groups excluding carboxylic acids is 1. The van der Waals surface area contributed by atoms with Crippen LogP contribution in [0.4, 0.5) is 0 Å². The molecule has 1 atom stereocenters. The summed E-state index contributed by atoms with van der Waals surface area (Å²) >= 11 is 0. The van der Waals surface area contributed by atoms with E-state index in [4.69, 9.17) is 0 Å². The van der Waals surface area contributed by atoms with Crippen LogP contribution in [0.15, 0.2) is 23.1 Å². The Bertz CT molecular complexity index is 725. The molecule has 1 heterocycles. The van der Waals surface area contributed by atoms with E-state index < -0.39 is 10.0 Å². The molecular weight excluding hydrogens is 348 g/mol. The van der Waals surface area contributed by atoms with E-state index in [9.17, 15) is 13.2 Å². The zero-order chi connectivity index (χ0) is 19.3. The molecule has 6 heteroatoms. The molecule has 0 radical (unpaired) electrons. The van der Waals surface area contributed by atoms with Gasteiger partial charge in [0.1, 0.15) is 0 Å². The smallest absolute Gasteiger partial charge is 0.254 e. The predicted molar refractivity (Wildman–Crippen MR) is 105 cm³/mol. The molecule has 0 aromatic heterocycles. The lowest BCUT2D eigenvalue weighted by molar-refractivity contribution is 0.0754. The van der Waals surface area contributed by atoms with Crippen molar-refractivity contribution in [2.75, 3.05) is 19.6 Å². The summed E-state index contributed by atoms with van der Waals surface area (Å²) in [6, 6.07) is 4.97. The Hall–Kier alpha value is -1.40. The Morgan fingerprint density at radius 1 is 1.19 bits per heavy atom. The minimum atomic E-state index is -3.57. The minimum absolute atomic E-state index is 0.00545. The highest BCUT2D eigenvalue weighted by atomic mass is 32.2. The molecule has 5 nitrogen and oxygen atoms in total. The van der Waals surface area contributed by atoms with E-state index in [-0.39, 0.29) is 16.8 Å². The summed E-state index contributed by atoms with van der Waals surface area (Å²) in [7, 11) is -3.57. The van der Waals surface area contributed by atoms with Crippen molar-refractivity contribution < 1.29 is 13.2 Å². The lowest BCUT2D eigenvalue weighted by atomic mass is 10.1. The van der Waals surface area contributed by atoms with Gasteiger partial charge in [0.05, 0.1) is 4.90 Å². The maximum atomic E-state index is 13.1. The maximum absolute atomic E-state index is 13.1. The second kappa shape index (κ2) is 9.00. The minimum Gasteiger partial charge on any atom is -0.339 e. The van der Waals surface area contributed by atoms with E-state index in [1.54, 1.807) is 22.5 Å². The molecule has 1 aliphatic rings. The van der Waals surface area contributed by atoms with Gasteiger partial charge in [-0.1, -0.05) is 26.3 Å². The van der Waals surface area contributed by atoms with E-state index in [0.717, 1.165) is 37.7 Å². The zero-order valence-corrected chi connectivity index (χ0v) is 17.3. The molecule has 0 N–H and O–H groups in total. The number of amides is 1. The second-order valence-corrected chi connectivity index (χ2v) is 9.12. The van der Waals surface area contributed by atoms with Gasteiger partial charge in [-0.25, -0.2) is 8.42 Å². The molecule has 1 aromatic carbocycles. The SMILES string of the molecule is CCCN(CCC)C(=O)c1cc(S(=O)(=O)N2CCCCC2C)ccc1C. The largest absolute Gasteiger partial charge is 0.339 e. The van der Waals surface area contributed by atoms with Crippen molar-refractivity contribution in [3.05, 3.63) is 29.3 Å². The summed E-state index contributed by atoms with van der Waals surface area (Å²) in [6.45, 7) is 9.84. The number of aryl methyl sites for hydroxylation is 1. The number of carbonyl (C=O) groups is 1. The fourth-order valence-corrected chi connectivity index (χ4v) is 5.31. The van der Waals surface area contributed by atoms with Crippen LogP contribution in [0.1, 0.15) is 68.8 Å². The summed E-state index contributed by atoms with van der Waals surface area (Å²) in [5.74, 6) is -0.0741. The summed E-state index contributed by atoms with van der Waals surface area (Å²) < 4.78 is 27.8. The van der Waals surface area contributed by atoms with Crippen LogP contribution in [-0.4, -0.2) is 49.2 Å². The molecule has 1 unspecified atom stereocenters. The predicted octanol–water partition coefficient (Wildman–Crippen LogP) is 3.82. The van der Waals surface area contributed by atoms with Gasteiger partial charge in [0.25, 0.3) is 5.91 Å². The van der Waals surface area contributed by atoms with Crippen molar-refractivity contribution in [2.24, 2.45) is 0 Å². The van der Waals surface area contributed by atoms with Crippen LogP contribution in [0.5, 0.6) is 0 Å². The highest BCUT2D eigenvalue weighted by Gasteiger charge is 2.31. The van der Waals surface area contributed by atoms with E-state index in [0.29, 0.717) is 25.2 Å². The van der Waals surface area contributed by atoms with Gasteiger partial charge < -0.3 is 4.90 Å². The second-order valence-electron chi connectivity index (χ2n) is 7.23. The lowest BCUT2D eigenvalue weighted by Crippen LogP contribution is -2.42. The molecule has 1 saturated heterocycles. The van der Waals surface area contributed by atoms with Gasteiger partial charge >= 0.3 is 0 Å². The zero-order valence-electron chi connectivity index (χ0n) is 16.5. The average Bonchev–Trinajstić information content (AvgIpc) is 2.61. The highest BCUT2D eigenvalue weighted by Crippen LogP contribution is 2.27. The van der Waals surface area contributed by atoms with Gasteiger partial charge in [0.15, 0.2) is 0 Å². The van der Waals surface area contributed by atoms with Crippen LogP contribution in [0, 0.1) is 6.92 Å². The number of sulfonamides is 1. The number of rotatable bonds is 7. The average molecular weight is 381 g/mol. The van der Waals surface area contributed by atoms with Crippen LogP contribution in [0.3, 0.4) is 0 Å². The molecule has 2 rings (SSSR count). The molecule has 0 spiro atoms. The molecular formula is C20H32N2O3S. The van der Waals surface area contributed by atoms with Gasteiger partial charge in [0, 0.05) is 31.2 Å². The monoisotopic (exact) mass is 380 g/mol. The summed E-state index contributed by atoms with van der Waals surface area (Å²) in [4.78, 5) is 15.0. The first-order valence-corrected chi connectivity index (χ1v) is 11.2. The van der Waals surface area contributed by atoms with E-state index in [2.05, 4.69) is 0 Å². The number of piperidine rings is 1. The third kappa shape index (κ3) is 4.46. The van der Waals surface area contributed by atoms with Crippen molar-refractivity contribution in [1.29, 1.82) is 0 Å². The molecule has 1 fully saturated rings. The molecule has 1 aliphatic heterocycles. The molecule has 1 aromatic rings. The first kappa shape index (κ1) is 20.9. The quantitative estimate of drug-likeness (QED) is 0.722. The lowest BCUT2D eigenvalue weighted by Gasteiger charge is -2.32. The first-order valence-electron chi connectivity index (χ1n) is 9.74. The molecule has 1 amide bonds. The third-order valence-electron chi connectivity index (χ3n) is 5.06. The Morgan fingerprint density at radius 3 is 2.42 bits per heavy atom. The Kier molecular flexibility index (Phi) is 7.24. The molecule has 0 aliphatic carbocycles. The van der Waals surface area contributed by atoms with E-state index >= 15 is 0 Å². The maximum Gasteiger partial charge on any atom is 0.254 e. The van der Waals surface area contributed by atoms with Gasteiger partial charge in [-0.15, -0.1) is 0 Å². The van der Waals surface area contributed by atoms with Crippen molar-refractivity contribution in [3.8, 4) is 0 Å². The van der Waals surface area contributed by atoms with Crippen molar-refractivity contribution in [2.45, 2.75) is 70.7 Å². The molecule has 0 bridgehead atoms. The van der Waals surface area contributed by atoms with Crippen LogP contribution in [0.25, 0.3) is 0 Å².